The van der Waals surface area contributed by atoms with Gasteiger partial charge in [-0.25, -0.2) is 0 Å². The summed E-state index contributed by atoms with van der Waals surface area (Å²) in [5, 5.41) is 10.9. The average Bonchev–Trinajstić information content (AvgIpc) is 2.77. The molecular weight excluding hydrogens is 429 g/mol. The summed E-state index contributed by atoms with van der Waals surface area (Å²) in [5.41, 5.74) is 3.49. The van der Waals surface area contributed by atoms with Crippen LogP contribution in [0.25, 0.3) is 33.2 Å². The van der Waals surface area contributed by atoms with Crippen LogP contribution >= 0.6 is 0 Å². The number of fused-ring (bicyclic) bond motifs is 1. The van der Waals surface area contributed by atoms with Crippen LogP contribution in [-0.4, -0.2) is 25.4 Å². The predicted octanol–water partition coefficient (Wildman–Crippen LogP) is 6.54. The number of benzene rings is 3. The topological polar surface area (TPSA) is 35.0 Å². The SMILES string of the molecule is COc1ccc(-c2cccc3c(-c4ccc(C(F)(F)F)cc4)c([Si](C)(C)C)nnc23)cc1. The van der Waals surface area contributed by atoms with Crippen molar-refractivity contribution in [1.29, 1.82) is 0 Å². The normalized spacial score (nSPS) is 12.2. The van der Waals surface area contributed by atoms with Crippen LogP contribution in [0.2, 0.25) is 19.6 Å². The fourth-order valence-electron chi connectivity index (χ4n) is 3.78. The second kappa shape index (κ2) is 8.06. The van der Waals surface area contributed by atoms with Gasteiger partial charge in [-0.15, -0.1) is 5.10 Å². The molecule has 0 fully saturated rings. The van der Waals surface area contributed by atoms with Gasteiger partial charge in [-0.3, -0.25) is 0 Å². The van der Waals surface area contributed by atoms with Crippen LogP contribution in [-0.2, 0) is 6.18 Å². The third-order valence-electron chi connectivity index (χ3n) is 5.40. The molecule has 0 spiro atoms. The number of alkyl halides is 3. The first-order valence-corrected chi connectivity index (χ1v) is 13.7. The van der Waals surface area contributed by atoms with Crippen molar-refractivity contribution in [2.75, 3.05) is 7.11 Å². The Balaban J connectivity index is 1.97. The molecule has 0 atom stereocenters. The van der Waals surface area contributed by atoms with Crippen LogP contribution in [0.1, 0.15) is 5.56 Å². The lowest BCUT2D eigenvalue weighted by atomic mass is 9.97. The van der Waals surface area contributed by atoms with Crippen LogP contribution in [0.5, 0.6) is 5.75 Å². The van der Waals surface area contributed by atoms with Crippen molar-refractivity contribution in [3.8, 4) is 28.0 Å². The molecule has 4 aromatic rings. The molecule has 0 saturated carbocycles. The zero-order chi connectivity index (χ0) is 23.1. The van der Waals surface area contributed by atoms with Crippen LogP contribution in [0, 0.1) is 0 Å². The average molecular weight is 453 g/mol. The van der Waals surface area contributed by atoms with Gasteiger partial charge in [0.05, 0.1) is 18.0 Å². The number of aromatic nitrogens is 2. The highest BCUT2D eigenvalue weighted by atomic mass is 28.3. The maximum absolute atomic E-state index is 13.1. The first kappa shape index (κ1) is 22.0. The molecule has 1 heterocycles. The van der Waals surface area contributed by atoms with Gasteiger partial charge in [0.15, 0.2) is 0 Å². The lowest BCUT2D eigenvalue weighted by Crippen LogP contribution is -2.42. The smallest absolute Gasteiger partial charge is 0.416 e. The summed E-state index contributed by atoms with van der Waals surface area (Å²) in [6.45, 7) is 6.47. The Bertz CT molecular complexity index is 1260. The minimum Gasteiger partial charge on any atom is -0.497 e. The second-order valence-electron chi connectivity index (χ2n) is 8.68. The zero-order valence-corrected chi connectivity index (χ0v) is 19.3. The molecule has 32 heavy (non-hydrogen) atoms. The van der Waals surface area contributed by atoms with Gasteiger partial charge in [-0.2, -0.15) is 18.3 Å². The van der Waals surface area contributed by atoms with Gasteiger partial charge in [-0.05, 0) is 35.4 Å². The molecule has 0 unspecified atom stereocenters. The number of rotatable bonds is 4. The van der Waals surface area contributed by atoms with E-state index in [1.54, 1.807) is 7.11 Å². The largest absolute Gasteiger partial charge is 0.497 e. The molecule has 1 aromatic heterocycles. The summed E-state index contributed by atoms with van der Waals surface area (Å²) in [4.78, 5) is 0. The Morgan fingerprint density at radius 1 is 0.781 bits per heavy atom. The molecule has 0 radical (unpaired) electrons. The molecule has 0 aliphatic carbocycles. The van der Waals surface area contributed by atoms with E-state index in [1.807, 2.05) is 42.5 Å². The molecule has 0 amide bonds. The third kappa shape index (κ3) is 4.12. The summed E-state index contributed by atoms with van der Waals surface area (Å²) < 4.78 is 44.6. The van der Waals surface area contributed by atoms with Gasteiger partial charge in [0, 0.05) is 16.5 Å². The summed E-state index contributed by atoms with van der Waals surface area (Å²) >= 11 is 0. The third-order valence-corrected chi connectivity index (χ3v) is 7.18. The number of methoxy groups -OCH3 is 1. The van der Waals surface area contributed by atoms with Crippen molar-refractivity contribution < 1.29 is 17.9 Å². The van der Waals surface area contributed by atoms with E-state index < -0.39 is 19.8 Å². The highest BCUT2D eigenvalue weighted by Gasteiger charge is 2.31. The Labute approximate surface area is 185 Å². The molecule has 0 aliphatic rings. The Morgan fingerprint density at radius 2 is 1.41 bits per heavy atom. The molecule has 3 aromatic carbocycles. The van der Waals surface area contributed by atoms with Gasteiger partial charge in [0.25, 0.3) is 0 Å². The van der Waals surface area contributed by atoms with Crippen molar-refractivity contribution in [3.63, 3.8) is 0 Å². The molecular formula is C25H23F3N2OSi. The Kier molecular flexibility index (Phi) is 5.54. The highest BCUT2D eigenvalue weighted by Crippen LogP contribution is 2.35. The van der Waals surface area contributed by atoms with E-state index in [0.717, 1.165) is 50.8 Å². The number of hydrogen-bond acceptors (Lipinski definition) is 3. The van der Waals surface area contributed by atoms with Crippen LogP contribution in [0.4, 0.5) is 13.2 Å². The molecule has 4 rings (SSSR count). The zero-order valence-electron chi connectivity index (χ0n) is 18.3. The first-order valence-electron chi connectivity index (χ1n) is 10.2. The Hall–Kier alpha value is -3.19. The van der Waals surface area contributed by atoms with E-state index >= 15 is 0 Å². The number of ether oxygens (including phenoxy) is 1. The van der Waals surface area contributed by atoms with E-state index in [4.69, 9.17) is 4.74 Å². The van der Waals surface area contributed by atoms with Crippen molar-refractivity contribution >= 4 is 24.3 Å². The van der Waals surface area contributed by atoms with Crippen LogP contribution in [0.15, 0.2) is 66.7 Å². The molecule has 7 heteroatoms. The monoisotopic (exact) mass is 452 g/mol. The molecule has 0 saturated heterocycles. The lowest BCUT2D eigenvalue weighted by molar-refractivity contribution is -0.137. The molecule has 0 N–H and O–H groups in total. The second-order valence-corrected chi connectivity index (χ2v) is 13.7. The van der Waals surface area contributed by atoms with E-state index in [9.17, 15) is 13.2 Å². The van der Waals surface area contributed by atoms with E-state index in [-0.39, 0.29) is 0 Å². The van der Waals surface area contributed by atoms with Gasteiger partial charge < -0.3 is 4.74 Å². The van der Waals surface area contributed by atoms with Gasteiger partial charge in [0.2, 0.25) is 0 Å². The van der Waals surface area contributed by atoms with E-state index in [2.05, 4.69) is 29.8 Å². The fraction of sp³-hybridized carbons (Fsp3) is 0.200. The van der Waals surface area contributed by atoms with Crippen molar-refractivity contribution in [2.45, 2.75) is 25.8 Å². The highest BCUT2D eigenvalue weighted by molar-refractivity contribution is 6.89. The molecule has 3 nitrogen and oxygen atoms in total. The maximum atomic E-state index is 13.1. The van der Waals surface area contributed by atoms with Gasteiger partial charge in [-0.1, -0.05) is 62.1 Å². The lowest BCUT2D eigenvalue weighted by Gasteiger charge is -2.21. The van der Waals surface area contributed by atoms with E-state index in [0.29, 0.717) is 5.56 Å². The molecule has 0 aliphatic heterocycles. The number of halogens is 3. The summed E-state index contributed by atoms with van der Waals surface area (Å²) in [6.07, 6.45) is -4.37. The fourth-order valence-corrected chi connectivity index (χ4v) is 5.16. The van der Waals surface area contributed by atoms with Gasteiger partial charge >= 0.3 is 6.18 Å². The van der Waals surface area contributed by atoms with Crippen LogP contribution < -0.4 is 10.1 Å². The quantitative estimate of drug-likeness (QED) is 0.330. The Morgan fingerprint density at radius 3 is 1.97 bits per heavy atom. The summed E-state index contributed by atoms with van der Waals surface area (Å²) in [6, 6.07) is 18.9. The first-order chi connectivity index (χ1) is 15.1. The number of nitrogens with zero attached hydrogens (tertiary/aromatic N) is 2. The minimum absolute atomic E-state index is 0.666. The van der Waals surface area contributed by atoms with Crippen molar-refractivity contribution in [1.82, 2.24) is 10.2 Å². The minimum atomic E-state index is -4.37. The summed E-state index contributed by atoms with van der Waals surface area (Å²) in [7, 11) is -0.332. The maximum Gasteiger partial charge on any atom is 0.416 e. The number of hydrogen-bond donors (Lipinski definition) is 0. The summed E-state index contributed by atoms with van der Waals surface area (Å²) in [5.74, 6) is 0.756. The van der Waals surface area contributed by atoms with Gasteiger partial charge in [0.1, 0.15) is 19.3 Å². The van der Waals surface area contributed by atoms with E-state index in [1.165, 1.54) is 12.1 Å². The van der Waals surface area contributed by atoms with Crippen LogP contribution in [0.3, 0.4) is 0 Å². The molecule has 164 valence electrons. The van der Waals surface area contributed by atoms with Crippen molar-refractivity contribution in [2.24, 2.45) is 0 Å². The standard InChI is InChI=1S/C25H23F3N2OSi/c1-31-19-14-10-16(11-15-19)20-6-5-7-21-22(24(32(2,3)4)30-29-23(20)21)17-8-12-18(13-9-17)25(26,27)28/h5-15H,1-4H3. The molecule has 0 bridgehead atoms. The predicted molar refractivity (Wildman–Crippen MR) is 125 cm³/mol. The van der Waals surface area contributed by atoms with Crippen molar-refractivity contribution in [3.05, 3.63) is 72.3 Å².